The van der Waals surface area contributed by atoms with Gasteiger partial charge in [-0.2, -0.15) is 0 Å². The van der Waals surface area contributed by atoms with Crippen LogP contribution >= 0.6 is 7.14 Å². The van der Waals surface area contributed by atoms with Crippen molar-refractivity contribution in [3.05, 3.63) is 47.0 Å². The van der Waals surface area contributed by atoms with Crippen LogP contribution in [0, 0.1) is 0 Å². The highest BCUT2D eigenvalue weighted by atomic mass is 31.2. The fraction of sp³-hybridized carbons (Fsp3) is 0.316. The second kappa shape index (κ2) is 5.35. The van der Waals surface area contributed by atoms with Crippen molar-refractivity contribution in [2.24, 2.45) is 4.99 Å². The topological polar surface area (TPSA) is 49.7 Å². The van der Waals surface area contributed by atoms with Crippen molar-refractivity contribution < 1.29 is 9.67 Å². The Bertz CT molecular complexity index is 929. The molecule has 23 heavy (non-hydrogen) atoms. The van der Waals surface area contributed by atoms with Crippen molar-refractivity contribution in [3.8, 4) is 5.75 Å². The molecule has 1 unspecified atom stereocenters. The van der Waals surface area contributed by atoms with E-state index in [0.717, 1.165) is 52.6 Å². The van der Waals surface area contributed by atoms with Crippen molar-refractivity contribution >= 4 is 30.0 Å². The Hall–Kier alpha value is -1.86. The summed E-state index contributed by atoms with van der Waals surface area (Å²) in [5, 5.41) is 13.2. The average molecular weight is 325 g/mol. The average Bonchev–Trinajstić information content (AvgIpc) is 2.57. The van der Waals surface area contributed by atoms with Crippen LogP contribution in [0.25, 0.3) is 6.58 Å². The van der Waals surface area contributed by atoms with Gasteiger partial charge in [0.1, 0.15) is 5.75 Å². The zero-order valence-electron chi connectivity index (χ0n) is 13.0. The number of phenols is 1. The summed E-state index contributed by atoms with van der Waals surface area (Å²) in [7, 11) is -2.82. The number of phenolic OH excluding ortho intramolecular Hbond substituents is 1. The Kier molecular flexibility index (Phi) is 3.42. The van der Waals surface area contributed by atoms with E-state index in [1.165, 1.54) is 6.42 Å². The summed E-state index contributed by atoms with van der Waals surface area (Å²) in [6.45, 7) is 4.00. The molecule has 1 saturated carbocycles. The van der Waals surface area contributed by atoms with Crippen molar-refractivity contribution in [2.45, 2.75) is 37.8 Å². The standard InChI is InChI=1S/C19H20NO2P/c1-13-7-9-16-18(11-13)23(22,15-5-3-2-4-6-15)19-12-14(21)8-10-17(19)20-16/h7-12,15,21H,1-6H2. The minimum atomic E-state index is -2.82. The lowest BCUT2D eigenvalue weighted by Gasteiger charge is -2.33. The zero-order valence-corrected chi connectivity index (χ0v) is 13.9. The predicted octanol–water partition coefficient (Wildman–Crippen LogP) is 2.71. The summed E-state index contributed by atoms with van der Waals surface area (Å²) >= 11 is 0. The number of aromatic hydroxyl groups is 1. The van der Waals surface area contributed by atoms with Gasteiger partial charge in [0.05, 0.1) is 11.0 Å². The van der Waals surface area contributed by atoms with E-state index < -0.39 is 7.14 Å². The van der Waals surface area contributed by atoms with E-state index >= 15 is 0 Å². The molecule has 1 N–H and O–H groups in total. The Morgan fingerprint density at radius 3 is 2.61 bits per heavy atom. The molecule has 0 aromatic heterocycles. The lowest BCUT2D eigenvalue weighted by Crippen LogP contribution is -2.40. The van der Waals surface area contributed by atoms with E-state index in [0.29, 0.717) is 0 Å². The van der Waals surface area contributed by atoms with Crippen molar-refractivity contribution in [3.63, 3.8) is 0 Å². The Balaban J connectivity index is 2.05. The second-order valence-electron chi connectivity index (χ2n) is 6.56. The molecule has 2 aromatic rings. The minimum absolute atomic E-state index is 0.146. The summed E-state index contributed by atoms with van der Waals surface area (Å²) in [5.41, 5.74) is 0.883. The summed E-state index contributed by atoms with van der Waals surface area (Å²) in [4.78, 5) is 4.67. The minimum Gasteiger partial charge on any atom is -0.508 e. The van der Waals surface area contributed by atoms with Gasteiger partial charge >= 0.3 is 0 Å². The molecule has 1 heterocycles. The van der Waals surface area contributed by atoms with Crippen LogP contribution in [0.2, 0.25) is 0 Å². The largest absolute Gasteiger partial charge is 0.508 e. The number of hydrogen-bond acceptors (Lipinski definition) is 3. The van der Waals surface area contributed by atoms with Crippen LogP contribution < -0.4 is 21.2 Å². The first-order chi connectivity index (χ1) is 11.1. The van der Waals surface area contributed by atoms with Crippen molar-refractivity contribution in [1.82, 2.24) is 0 Å². The van der Waals surface area contributed by atoms with Gasteiger partial charge in [-0.3, -0.25) is 0 Å². The third kappa shape index (κ3) is 2.26. The highest BCUT2D eigenvalue weighted by Gasteiger charge is 2.41. The van der Waals surface area contributed by atoms with Crippen LogP contribution in [0.3, 0.4) is 0 Å². The number of hydrogen-bond donors (Lipinski definition) is 1. The Labute approximate surface area is 135 Å². The monoisotopic (exact) mass is 325 g/mol. The molecule has 2 aromatic carbocycles. The SMILES string of the molecule is C=c1ccc2c(c1)P(=O)(C1CCCCC1)c1cc(O)ccc1N=2. The molecule has 3 nitrogen and oxygen atoms in total. The van der Waals surface area contributed by atoms with E-state index in [1.54, 1.807) is 18.2 Å². The van der Waals surface area contributed by atoms with Gasteiger partial charge in [0, 0.05) is 16.3 Å². The smallest absolute Gasteiger partial charge is 0.150 e. The number of nitrogens with zero attached hydrogens (tertiary/aromatic N) is 1. The van der Waals surface area contributed by atoms with Crippen LogP contribution in [0.15, 0.2) is 41.4 Å². The number of rotatable bonds is 1. The number of benzene rings is 2. The van der Waals surface area contributed by atoms with Gasteiger partial charge in [-0.25, -0.2) is 4.99 Å². The van der Waals surface area contributed by atoms with Gasteiger partial charge in [-0.1, -0.05) is 31.9 Å². The van der Waals surface area contributed by atoms with Crippen molar-refractivity contribution in [1.29, 1.82) is 0 Å². The summed E-state index contributed by atoms with van der Waals surface area (Å²) in [6, 6.07) is 10.8. The first kappa shape index (κ1) is 14.7. The molecule has 0 radical (unpaired) electrons. The highest BCUT2D eigenvalue weighted by molar-refractivity contribution is 7.79. The molecule has 0 bridgehead atoms. The molecular weight excluding hydrogens is 305 g/mol. The summed E-state index contributed by atoms with van der Waals surface area (Å²) in [6.07, 6.45) is 5.43. The first-order valence-electron chi connectivity index (χ1n) is 8.20. The molecule has 2 aliphatic rings. The summed E-state index contributed by atoms with van der Waals surface area (Å²) in [5.74, 6) is 0.157. The van der Waals surface area contributed by atoms with E-state index in [1.807, 2.05) is 18.2 Å². The lowest BCUT2D eigenvalue weighted by atomic mass is 10.0. The highest BCUT2D eigenvalue weighted by Crippen LogP contribution is 2.55. The molecule has 0 spiro atoms. The number of fused-ring (bicyclic) bond motifs is 2. The van der Waals surface area contributed by atoms with Gasteiger partial charge in [0.2, 0.25) is 0 Å². The van der Waals surface area contributed by atoms with Gasteiger partial charge in [-0.05, 0) is 48.4 Å². The molecule has 118 valence electrons. The van der Waals surface area contributed by atoms with Crippen LogP contribution in [-0.4, -0.2) is 10.8 Å². The van der Waals surface area contributed by atoms with Crippen LogP contribution in [-0.2, 0) is 4.57 Å². The van der Waals surface area contributed by atoms with Gasteiger partial charge in [-0.15, -0.1) is 0 Å². The molecule has 0 saturated heterocycles. The molecule has 1 aliphatic heterocycles. The molecular formula is C19H20NO2P. The van der Waals surface area contributed by atoms with E-state index in [4.69, 9.17) is 0 Å². The fourth-order valence-corrected chi connectivity index (χ4v) is 7.65. The quantitative estimate of drug-likeness (QED) is 0.820. The van der Waals surface area contributed by atoms with Gasteiger partial charge in [0.25, 0.3) is 0 Å². The molecule has 1 fully saturated rings. The van der Waals surface area contributed by atoms with Crippen LogP contribution in [0.1, 0.15) is 32.1 Å². The third-order valence-corrected chi connectivity index (χ3v) is 8.74. The van der Waals surface area contributed by atoms with Crippen molar-refractivity contribution in [2.75, 3.05) is 0 Å². The van der Waals surface area contributed by atoms with Crippen LogP contribution in [0.4, 0.5) is 5.69 Å². The maximum absolute atomic E-state index is 14.3. The third-order valence-electron chi connectivity index (χ3n) is 5.04. The fourth-order valence-electron chi connectivity index (χ4n) is 3.90. The molecule has 4 heteroatoms. The zero-order chi connectivity index (χ0) is 16.0. The molecule has 0 amide bonds. The van der Waals surface area contributed by atoms with E-state index in [9.17, 15) is 9.67 Å². The maximum Gasteiger partial charge on any atom is 0.150 e. The first-order valence-corrected chi connectivity index (χ1v) is 9.98. The Morgan fingerprint density at radius 2 is 1.83 bits per heavy atom. The van der Waals surface area contributed by atoms with Gasteiger partial charge in [0.15, 0.2) is 7.14 Å². The molecule has 1 atom stereocenters. The van der Waals surface area contributed by atoms with Crippen LogP contribution in [0.5, 0.6) is 5.75 Å². The van der Waals surface area contributed by atoms with Gasteiger partial charge < -0.3 is 9.67 Å². The second-order valence-corrected chi connectivity index (χ2v) is 9.57. The Morgan fingerprint density at radius 1 is 1.04 bits per heavy atom. The van der Waals surface area contributed by atoms with E-state index in [-0.39, 0.29) is 11.4 Å². The predicted molar refractivity (Wildman–Crippen MR) is 94.3 cm³/mol. The molecule has 1 aliphatic carbocycles. The maximum atomic E-state index is 14.3. The normalized spacial score (nSPS) is 23.7. The summed E-state index contributed by atoms with van der Waals surface area (Å²) < 4.78 is 14.3. The van der Waals surface area contributed by atoms with E-state index in [2.05, 4.69) is 11.6 Å². The lowest BCUT2D eigenvalue weighted by molar-refractivity contribution is 0.475. The molecule has 4 rings (SSSR count).